The number of methoxy groups -OCH3 is 2. The molecule has 214 valence electrons. The van der Waals surface area contributed by atoms with Crippen LogP contribution >= 0.6 is 0 Å². The molecule has 40 heavy (non-hydrogen) atoms. The van der Waals surface area contributed by atoms with Crippen LogP contribution in [-0.2, 0) is 24.2 Å². The van der Waals surface area contributed by atoms with Gasteiger partial charge in [0, 0.05) is 19.1 Å². The predicted molar refractivity (Wildman–Crippen MR) is 158 cm³/mol. The van der Waals surface area contributed by atoms with Gasteiger partial charge in [-0.3, -0.25) is 9.69 Å². The Morgan fingerprint density at radius 1 is 0.850 bits per heavy atom. The number of fused-ring (bicyclic) bond motifs is 1. The molecular weight excluding hydrogens is 504 g/mol. The van der Waals surface area contributed by atoms with E-state index in [1.54, 1.807) is 14.2 Å². The Hall–Kier alpha value is -3.71. The molecule has 0 aromatic heterocycles. The van der Waals surface area contributed by atoms with Crippen molar-refractivity contribution in [2.75, 3.05) is 40.5 Å². The molecule has 0 radical (unpaired) electrons. The largest absolute Gasteiger partial charge is 0.493 e. The molecule has 0 fully saturated rings. The molecule has 1 amide bonds. The van der Waals surface area contributed by atoms with Crippen LogP contribution in [0, 0.1) is 0 Å². The van der Waals surface area contributed by atoms with Gasteiger partial charge in [0.2, 0.25) is 5.91 Å². The van der Waals surface area contributed by atoms with E-state index in [2.05, 4.69) is 42.3 Å². The third-order valence-electron chi connectivity index (χ3n) is 7.15. The number of nitrogens with one attached hydrogen (secondary N) is 1. The Morgan fingerprint density at radius 2 is 1.55 bits per heavy atom. The van der Waals surface area contributed by atoms with E-state index in [0.29, 0.717) is 32.7 Å². The second-order valence-corrected chi connectivity index (χ2v) is 10.1. The van der Waals surface area contributed by atoms with Gasteiger partial charge >= 0.3 is 0 Å². The molecule has 1 aliphatic rings. The van der Waals surface area contributed by atoms with E-state index in [4.69, 9.17) is 18.9 Å². The van der Waals surface area contributed by atoms with Crippen molar-refractivity contribution < 1.29 is 23.7 Å². The minimum atomic E-state index is -0.0202. The molecular formula is C33H42N2O5. The normalized spacial score (nSPS) is 14.8. The Morgan fingerprint density at radius 3 is 2.25 bits per heavy atom. The van der Waals surface area contributed by atoms with E-state index < -0.39 is 0 Å². The molecule has 0 saturated heterocycles. The summed E-state index contributed by atoms with van der Waals surface area (Å²) in [4.78, 5) is 15.4. The second kappa shape index (κ2) is 14.6. The SMILES string of the molecule is CCCOc1ccc(CC2c3cc(OCCC)c(OC)cc3CCN2CC(=O)NCc2ccccc2)cc1OC. The lowest BCUT2D eigenvalue weighted by Crippen LogP contribution is -2.43. The summed E-state index contributed by atoms with van der Waals surface area (Å²) in [5.74, 6) is 2.96. The molecule has 3 aromatic rings. The molecule has 0 bridgehead atoms. The Labute approximate surface area is 238 Å². The van der Waals surface area contributed by atoms with E-state index in [1.165, 1.54) is 11.1 Å². The Balaban J connectivity index is 1.62. The average molecular weight is 547 g/mol. The molecule has 3 aromatic carbocycles. The number of rotatable bonds is 14. The van der Waals surface area contributed by atoms with Crippen molar-refractivity contribution in [1.82, 2.24) is 10.2 Å². The van der Waals surface area contributed by atoms with Gasteiger partial charge in [-0.15, -0.1) is 0 Å². The number of ether oxygens (including phenoxy) is 4. The number of carbonyl (C=O) groups excluding carboxylic acids is 1. The molecule has 1 aliphatic heterocycles. The summed E-state index contributed by atoms with van der Waals surface area (Å²) in [5.41, 5.74) is 4.58. The average Bonchev–Trinajstić information content (AvgIpc) is 2.99. The minimum absolute atomic E-state index is 0.00849. The maximum absolute atomic E-state index is 13.1. The molecule has 7 heteroatoms. The van der Waals surface area contributed by atoms with Crippen molar-refractivity contribution >= 4 is 5.91 Å². The van der Waals surface area contributed by atoms with E-state index in [9.17, 15) is 4.79 Å². The zero-order chi connectivity index (χ0) is 28.3. The van der Waals surface area contributed by atoms with Crippen LogP contribution in [0.1, 0.15) is 55.0 Å². The molecule has 0 aliphatic carbocycles. The zero-order valence-corrected chi connectivity index (χ0v) is 24.2. The van der Waals surface area contributed by atoms with Gasteiger partial charge in [0.25, 0.3) is 0 Å². The first-order valence-electron chi connectivity index (χ1n) is 14.2. The summed E-state index contributed by atoms with van der Waals surface area (Å²) < 4.78 is 23.3. The van der Waals surface area contributed by atoms with Crippen LogP contribution in [0.2, 0.25) is 0 Å². The van der Waals surface area contributed by atoms with Crippen LogP contribution in [0.4, 0.5) is 0 Å². The molecule has 7 nitrogen and oxygen atoms in total. The summed E-state index contributed by atoms with van der Waals surface area (Å²) >= 11 is 0. The molecule has 4 rings (SSSR count). The highest BCUT2D eigenvalue weighted by atomic mass is 16.5. The van der Waals surface area contributed by atoms with Crippen LogP contribution in [0.5, 0.6) is 23.0 Å². The fourth-order valence-corrected chi connectivity index (χ4v) is 5.10. The van der Waals surface area contributed by atoms with Gasteiger partial charge < -0.3 is 24.3 Å². The zero-order valence-electron chi connectivity index (χ0n) is 24.2. The Kier molecular flexibility index (Phi) is 10.7. The number of hydrogen-bond donors (Lipinski definition) is 1. The van der Waals surface area contributed by atoms with Crippen molar-refractivity contribution in [2.24, 2.45) is 0 Å². The molecule has 1 unspecified atom stereocenters. The maximum Gasteiger partial charge on any atom is 0.234 e. The third kappa shape index (κ3) is 7.48. The van der Waals surface area contributed by atoms with E-state index in [1.807, 2.05) is 42.5 Å². The van der Waals surface area contributed by atoms with Gasteiger partial charge in [-0.05, 0) is 72.2 Å². The number of benzene rings is 3. The fraction of sp³-hybridized carbons (Fsp3) is 0.424. The molecule has 0 spiro atoms. The molecule has 1 atom stereocenters. The van der Waals surface area contributed by atoms with E-state index in [-0.39, 0.29) is 11.9 Å². The Bertz CT molecular complexity index is 1250. The highest BCUT2D eigenvalue weighted by Gasteiger charge is 2.31. The van der Waals surface area contributed by atoms with Crippen LogP contribution in [0.15, 0.2) is 60.7 Å². The van der Waals surface area contributed by atoms with Crippen molar-refractivity contribution in [3.8, 4) is 23.0 Å². The van der Waals surface area contributed by atoms with Gasteiger partial charge in [0.05, 0.1) is 34.0 Å². The van der Waals surface area contributed by atoms with Gasteiger partial charge in [-0.25, -0.2) is 0 Å². The first-order valence-corrected chi connectivity index (χ1v) is 14.2. The lowest BCUT2D eigenvalue weighted by atomic mass is 9.88. The predicted octanol–water partition coefficient (Wildman–Crippen LogP) is 5.74. The monoisotopic (exact) mass is 546 g/mol. The van der Waals surface area contributed by atoms with Crippen molar-refractivity contribution in [3.63, 3.8) is 0 Å². The van der Waals surface area contributed by atoms with E-state index in [0.717, 1.165) is 59.9 Å². The van der Waals surface area contributed by atoms with Gasteiger partial charge in [-0.2, -0.15) is 0 Å². The van der Waals surface area contributed by atoms with Crippen molar-refractivity contribution in [1.29, 1.82) is 0 Å². The lowest BCUT2D eigenvalue weighted by Gasteiger charge is -2.37. The lowest BCUT2D eigenvalue weighted by molar-refractivity contribution is -0.123. The fourth-order valence-electron chi connectivity index (χ4n) is 5.10. The molecule has 1 N–H and O–H groups in total. The highest BCUT2D eigenvalue weighted by Crippen LogP contribution is 2.40. The number of carbonyl (C=O) groups is 1. The smallest absolute Gasteiger partial charge is 0.234 e. The standard InChI is InChI=1S/C33H42N2O5/c1-5-16-39-29-13-12-25(19-30(29)37-3)18-28-27-21-32(40-17-6-2)31(38-4)20-26(27)14-15-35(28)23-33(36)34-22-24-10-8-7-9-11-24/h7-13,19-21,28H,5-6,14-18,22-23H2,1-4H3,(H,34,36). The quantitative estimate of drug-likeness (QED) is 0.278. The number of nitrogens with zero attached hydrogens (tertiary/aromatic N) is 1. The third-order valence-corrected chi connectivity index (χ3v) is 7.15. The van der Waals surface area contributed by atoms with Gasteiger partial charge in [-0.1, -0.05) is 50.2 Å². The van der Waals surface area contributed by atoms with Crippen LogP contribution in [0.25, 0.3) is 0 Å². The van der Waals surface area contributed by atoms with Crippen molar-refractivity contribution in [2.45, 2.75) is 52.1 Å². The van der Waals surface area contributed by atoms with Crippen LogP contribution in [-0.4, -0.2) is 51.3 Å². The van der Waals surface area contributed by atoms with Crippen LogP contribution in [0.3, 0.4) is 0 Å². The first kappa shape index (κ1) is 29.3. The van der Waals surface area contributed by atoms with Gasteiger partial charge in [0.1, 0.15) is 0 Å². The van der Waals surface area contributed by atoms with Crippen LogP contribution < -0.4 is 24.3 Å². The van der Waals surface area contributed by atoms with E-state index >= 15 is 0 Å². The summed E-state index contributed by atoms with van der Waals surface area (Å²) in [6.45, 7) is 7.01. The molecule has 0 saturated carbocycles. The summed E-state index contributed by atoms with van der Waals surface area (Å²) in [6.07, 6.45) is 3.37. The summed E-state index contributed by atoms with van der Waals surface area (Å²) in [5, 5.41) is 3.10. The second-order valence-electron chi connectivity index (χ2n) is 10.1. The number of hydrogen-bond acceptors (Lipinski definition) is 6. The first-order chi connectivity index (χ1) is 19.6. The minimum Gasteiger partial charge on any atom is -0.493 e. The highest BCUT2D eigenvalue weighted by molar-refractivity contribution is 5.78. The summed E-state index contributed by atoms with van der Waals surface area (Å²) in [6, 6.07) is 20.3. The van der Waals surface area contributed by atoms with Crippen molar-refractivity contribution in [3.05, 3.63) is 82.9 Å². The maximum atomic E-state index is 13.1. The topological polar surface area (TPSA) is 69.3 Å². The van der Waals surface area contributed by atoms with Gasteiger partial charge in [0.15, 0.2) is 23.0 Å². The molecule has 1 heterocycles. The summed E-state index contributed by atoms with van der Waals surface area (Å²) in [7, 11) is 3.35. The number of amides is 1.